The second kappa shape index (κ2) is 5.12. The Balaban J connectivity index is 1.78. The zero-order chi connectivity index (χ0) is 14.1. The molecule has 1 aliphatic heterocycles. The predicted molar refractivity (Wildman–Crippen MR) is 77.6 cm³/mol. The fraction of sp³-hybridized carbons (Fsp3) is 0.375. The van der Waals surface area contributed by atoms with Gasteiger partial charge in [-0.15, -0.1) is 0 Å². The molecule has 0 aliphatic carbocycles. The van der Waals surface area contributed by atoms with Crippen molar-refractivity contribution in [2.75, 3.05) is 6.54 Å². The van der Waals surface area contributed by atoms with Crippen LogP contribution in [-0.2, 0) is 13.0 Å². The lowest BCUT2D eigenvalue weighted by atomic mass is 10.00. The average Bonchev–Trinajstić information content (AvgIpc) is 2.96. The van der Waals surface area contributed by atoms with Gasteiger partial charge in [0.15, 0.2) is 0 Å². The molecule has 0 bridgehead atoms. The van der Waals surface area contributed by atoms with Crippen molar-refractivity contribution in [1.82, 2.24) is 15.1 Å². The van der Waals surface area contributed by atoms with Gasteiger partial charge >= 0.3 is 0 Å². The minimum absolute atomic E-state index is 0.0163. The third-order valence-corrected chi connectivity index (χ3v) is 3.86. The standard InChI is InChI=1S/C16H19N3O/c1-11(2)14-9-15(18-17-14)16(20)19-8-7-12-5-3-4-6-13(12)10-19/h3-6,9,11H,7-8,10H2,1-2H3,(H,17,18). The van der Waals surface area contributed by atoms with Gasteiger partial charge in [0.2, 0.25) is 0 Å². The third-order valence-electron chi connectivity index (χ3n) is 3.86. The fourth-order valence-electron chi connectivity index (χ4n) is 2.57. The summed E-state index contributed by atoms with van der Waals surface area (Å²) in [4.78, 5) is 14.4. The molecule has 0 fully saturated rings. The van der Waals surface area contributed by atoms with Crippen LogP contribution in [-0.4, -0.2) is 27.5 Å². The highest BCUT2D eigenvalue weighted by atomic mass is 16.2. The van der Waals surface area contributed by atoms with E-state index in [4.69, 9.17) is 0 Å². The molecule has 20 heavy (non-hydrogen) atoms. The molecule has 0 saturated carbocycles. The van der Waals surface area contributed by atoms with Crippen molar-refractivity contribution in [1.29, 1.82) is 0 Å². The summed E-state index contributed by atoms with van der Waals surface area (Å²) < 4.78 is 0. The van der Waals surface area contributed by atoms with Crippen LogP contribution in [0.5, 0.6) is 0 Å². The summed E-state index contributed by atoms with van der Waals surface area (Å²) in [7, 11) is 0. The molecule has 2 heterocycles. The maximum Gasteiger partial charge on any atom is 0.274 e. The highest BCUT2D eigenvalue weighted by molar-refractivity contribution is 5.92. The number of carbonyl (C=O) groups excluding carboxylic acids is 1. The Labute approximate surface area is 118 Å². The Morgan fingerprint density at radius 3 is 2.75 bits per heavy atom. The van der Waals surface area contributed by atoms with Crippen LogP contribution in [0.15, 0.2) is 30.3 Å². The number of nitrogens with zero attached hydrogens (tertiary/aromatic N) is 2. The van der Waals surface area contributed by atoms with Crippen LogP contribution in [0.4, 0.5) is 0 Å². The van der Waals surface area contributed by atoms with Crippen molar-refractivity contribution in [3.8, 4) is 0 Å². The first-order valence-corrected chi connectivity index (χ1v) is 7.06. The molecule has 0 spiro atoms. The first kappa shape index (κ1) is 12.9. The van der Waals surface area contributed by atoms with Gasteiger partial charge in [-0.05, 0) is 29.5 Å². The molecule has 2 aromatic rings. The number of nitrogens with one attached hydrogen (secondary N) is 1. The van der Waals surface area contributed by atoms with E-state index in [9.17, 15) is 4.79 Å². The van der Waals surface area contributed by atoms with Gasteiger partial charge in [0.1, 0.15) is 5.69 Å². The Morgan fingerprint density at radius 1 is 1.30 bits per heavy atom. The summed E-state index contributed by atoms with van der Waals surface area (Å²) in [5.41, 5.74) is 4.12. The first-order valence-electron chi connectivity index (χ1n) is 7.06. The van der Waals surface area contributed by atoms with Crippen LogP contribution in [0.2, 0.25) is 0 Å². The molecule has 104 valence electrons. The molecule has 1 aromatic heterocycles. The molecule has 0 radical (unpaired) electrons. The van der Waals surface area contributed by atoms with Gasteiger partial charge < -0.3 is 4.90 Å². The van der Waals surface area contributed by atoms with E-state index in [1.807, 2.05) is 17.0 Å². The summed E-state index contributed by atoms with van der Waals surface area (Å²) >= 11 is 0. The molecule has 4 nitrogen and oxygen atoms in total. The van der Waals surface area contributed by atoms with E-state index in [0.717, 1.165) is 18.7 Å². The van der Waals surface area contributed by atoms with Crippen molar-refractivity contribution >= 4 is 5.91 Å². The normalized spacial score (nSPS) is 14.4. The van der Waals surface area contributed by atoms with Gasteiger partial charge in [-0.25, -0.2) is 0 Å². The van der Waals surface area contributed by atoms with Gasteiger partial charge in [0.05, 0.1) is 0 Å². The number of H-pyrrole nitrogens is 1. The molecule has 0 atom stereocenters. The molecular formula is C16H19N3O. The van der Waals surface area contributed by atoms with Gasteiger partial charge in [-0.3, -0.25) is 9.89 Å². The number of rotatable bonds is 2. The molecule has 1 amide bonds. The Bertz CT molecular complexity index is 630. The molecule has 4 heteroatoms. The van der Waals surface area contributed by atoms with E-state index in [0.29, 0.717) is 18.2 Å². The Morgan fingerprint density at radius 2 is 2.05 bits per heavy atom. The maximum atomic E-state index is 12.5. The van der Waals surface area contributed by atoms with Crippen molar-refractivity contribution < 1.29 is 4.79 Å². The Hall–Kier alpha value is -2.10. The molecule has 0 saturated heterocycles. The van der Waals surface area contributed by atoms with Crippen LogP contribution < -0.4 is 0 Å². The molecule has 3 rings (SSSR count). The molecule has 1 N–H and O–H groups in total. The van der Waals surface area contributed by atoms with E-state index in [-0.39, 0.29) is 5.91 Å². The number of amides is 1. The number of aromatic amines is 1. The second-order valence-electron chi connectivity index (χ2n) is 5.61. The SMILES string of the molecule is CC(C)c1cc(C(=O)N2CCc3ccccc3C2)n[nH]1. The minimum Gasteiger partial charge on any atom is -0.333 e. The lowest BCUT2D eigenvalue weighted by Crippen LogP contribution is -2.36. The maximum absolute atomic E-state index is 12.5. The van der Waals surface area contributed by atoms with Crippen molar-refractivity contribution in [2.45, 2.75) is 32.7 Å². The first-order chi connectivity index (χ1) is 9.65. The average molecular weight is 269 g/mol. The minimum atomic E-state index is 0.0163. The van der Waals surface area contributed by atoms with E-state index in [1.165, 1.54) is 11.1 Å². The summed E-state index contributed by atoms with van der Waals surface area (Å²) in [6.07, 6.45) is 0.920. The summed E-state index contributed by atoms with van der Waals surface area (Å²) in [6, 6.07) is 10.2. The lowest BCUT2D eigenvalue weighted by Gasteiger charge is -2.28. The van der Waals surface area contributed by atoms with Crippen molar-refractivity contribution in [2.24, 2.45) is 0 Å². The highest BCUT2D eigenvalue weighted by Crippen LogP contribution is 2.20. The van der Waals surface area contributed by atoms with E-state index >= 15 is 0 Å². The van der Waals surface area contributed by atoms with Gasteiger partial charge in [-0.2, -0.15) is 5.10 Å². The number of fused-ring (bicyclic) bond motifs is 1. The molecule has 0 unspecified atom stereocenters. The molecule has 1 aromatic carbocycles. The Kier molecular flexibility index (Phi) is 3.30. The summed E-state index contributed by atoms with van der Waals surface area (Å²) in [5, 5.41) is 7.10. The van der Waals surface area contributed by atoms with Crippen LogP contribution >= 0.6 is 0 Å². The number of benzene rings is 1. The second-order valence-corrected chi connectivity index (χ2v) is 5.61. The summed E-state index contributed by atoms with van der Waals surface area (Å²) in [5.74, 6) is 0.369. The topological polar surface area (TPSA) is 49.0 Å². The van der Waals surface area contributed by atoms with Crippen molar-refractivity contribution in [3.05, 3.63) is 52.8 Å². The molecule has 1 aliphatic rings. The fourth-order valence-corrected chi connectivity index (χ4v) is 2.57. The number of hydrogen-bond acceptors (Lipinski definition) is 2. The van der Waals surface area contributed by atoms with Crippen LogP contribution in [0, 0.1) is 0 Å². The van der Waals surface area contributed by atoms with Gasteiger partial charge in [-0.1, -0.05) is 38.1 Å². The zero-order valence-electron chi connectivity index (χ0n) is 11.9. The largest absolute Gasteiger partial charge is 0.333 e. The van der Waals surface area contributed by atoms with Crippen LogP contribution in [0.3, 0.4) is 0 Å². The lowest BCUT2D eigenvalue weighted by molar-refractivity contribution is 0.0728. The monoisotopic (exact) mass is 269 g/mol. The quantitative estimate of drug-likeness (QED) is 0.911. The smallest absolute Gasteiger partial charge is 0.274 e. The number of carbonyl (C=O) groups is 1. The third kappa shape index (κ3) is 2.33. The summed E-state index contributed by atoms with van der Waals surface area (Å²) in [6.45, 7) is 5.61. The molecular weight excluding hydrogens is 250 g/mol. The van der Waals surface area contributed by atoms with Gasteiger partial charge in [0, 0.05) is 18.8 Å². The number of hydrogen-bond donors (Lipinski definition) is 1. The van der Waals surface area contributed by atoms with E-state index in [1.54, 1.807) is 0 Å². The van der Waals surface area contributed by atoms with Crippen LogP contribution in [0.25, 0.3) is 0 Å². The number of aromatic nitrogens is 2. The van der Waals surface area contributed by atoms with Gasteiger partial charge in [0.25, 0.3) is 5.91 Å². The van der Waals surface area contributed by atoms with Crippen LogP contribution in [0.1, 0.15) is 47.1 Å². The van der Waals surface area contributed by atoms with E-state index in [2.05, 4.69) is 42.2 Å². The predicted octanol–water partition coefficient (Wildman–Crippen LogP) is 2.73. The van der Waals surface area contributed by atoms with E-state index < -0.39 is 0 Å². The van der Waals surface area contributed by atoms with Crippen molar-refractivity contribution in [3.63, 3.8) is 0 Å². The highest BCUT2D eigenvalue weighted by Gasteiger charge is 2.23. The zero-order valence-corrected chi connectivity index (χ0v) is 11.9.